The molecule has 0 amide bonds. The molecule has 2 heteroatoms. The van der Waals surface area contributed by atoms with Gasteiger partial charge in [0.1, 0.15) is 0 Å². The van der Waals surface area contributed by atoms with Crippen LogP contribution < -0.4 is 0 Å². The van der Waals surface area contributed by atoms with Gasteiger partial charge in [0.05, 0.1) is 5.69 Å². The van der Waals surface area contributed by atoms with Crippen LogP contribution in [-0.2, 0) is 0 Å². The van der Waals surface area contributed by atoms with Gasteiger partial charge in [0.25, 0.3) is 0 Å². The molecule has 0 aromatic carbocycles. The van der Waals surface area contributed by atoms with Crippen molar-refractivity contribution in [3.05, 3.63) is 24.5 Å². The number of hydrogen-bond donors (Lipinski definition) is 1. The van der Waals surface area contributed by atoms with Crippen molar-refractivity contribution in [3.63, 3.8) is 0 Å². The Kier molecular flexibility index (Phi) is 1.49. The molecule has 0 saturated carbocycles. The molecule has 1 rings (SSSR count). The van der Waals surface area contributed by atoms with Crippen molar-refractivity contribution in [3.8, 4) is 0 Å². The predicted molar refractivity (Wildman–Crippen MR) is 40.1 cm³/mol. The normalized spacial score (nSPS) is 8.89. The summed E-state index contributed by atoms with van der Waals surface area (Å²) in [5.74, 6) is 0. The highest BCUT2D eigenvalue weighted by Gasteiger charge is 1.93. The Morgan fingerprint density at radius 1 is 1.56 bits per heavy atom. The third kappa shape index (κ3) is 0.914. The van der Waals surface area contributed by atoms with Crippen LogP contribution in [0.2, 0.25) is 0 Å². The fourth-order valence-electron chi connectivity index (χ4n) is 0.668. The minimum absolute atomic E-state index is 0.852. The molecule has 0 aliphatic rings. The van der Waals surface area contributed by atoms with Crippen molar-refractivity contribution < 1.29 is 0 Å². The lowest BCUT2D eigenvalue weighted by Crippen LogP contribution is -1.59. The molecule has 0 unspecified atom stereocenters. The lowest BCUT2D eigenvalue weighted by molar-refractivity contribution is 1.40. The van der Waals surface area contributed by atoms with Gasteiger partial charge in [-0.25, -0.2) is 0 Å². The number of aromatic amines is 1. The van der Waals surface area contributed by atoms with E-state index in [4.69, 9.17) is 0 Å². The van der Waals surface area contributed by atoms with E-state index in [0.29, 0.717) is 0 Å². The number of H-pyrrole nitrogens is 1. The number of nitrogens with one attached hydrogen (secondary N) is 1. The van der Waals surface area contributed by atoms with E-state index in [1.165, 1.54) is 0 Å². The summed E-state index contributed by atoms with van der Waals surface area (Å²) in [5.41, 5.74) is 1.84. The van der Waals surface area contributed by atoms with Crippen molar-refractivity contribution in [2.24, 2.45) is 4.99 Å². The fraction of sp³-hybridized carbons (Fsp3) is 0. The minimum Gasteiger partial charge on any atom is -0.365 e. The van der Waals surface area contributed by atoms with Gasteiger partial charge in [0.15, 0.2) is 0 Å². The molecular weight excluding hydrogens is 112 g/mol. The molecule has 0 aliphatic carbocycles. The quantitative estimate of drug-likeness (QED) is 0.578. The minimum atomic E-state index is 0.852. The maximum Gasteiger partial charge on any atom is 0.0868 e. The molecule has 0 bridgehead atoms. The van der Waals surface area contributed by atoms with E-state index in [1.54, 1.807) is 12.3 Å². The number of rotatable bonds is 2. The van der Waals surface area contributed by atoms with Crippen LogP contribution in [0.1, 0.15) is 5.56 Å². The summed E-state index contributed by atoms with van der Waals surface area (Å²) >= 11 is 0. The second-order valence-electron chi connectivity index (χ2n) is 1.66. The topological polar surface area (TPSA) is 28.1 Å². The van der Waals surface area contributed by atoms with Crippen LogP contribution in [0.25, 0.3) is 6.08 Å². The largest absolute Gasteiger partial charge is 0.365 e. The molecule has 0 atom stereocenters. The average Bonchev–Trinajstić information content (AvgIpc) is 2.33. The second kappa shape index (κ2) is 2.31. The summed E-state index contributed by atoms with van der Waals surface area (Å²) in [6.07, 6.45) is 5.35. The van der Waals surface area contributed by atoms with E-state index in [1.807, 2.05) is 6.20 Å². The summed E-state index contributed by atoms with van der Waals surface area (Å²) in [5, 5.41) is 0. The van der Waals surface area contributed by atoms with Gasteiger partial charge >= 0.3 is 0 Å². The Bertz CT molecular complexity index is 200. The van der Waals surface area contributed by atoms with Gasteiger partial charge in [-0.3, -0.25) is 4.99 Å². The Balaban J connectivity index is 3.12. The van der Waals surface area contributed by atoms with E-state index in [2.05, 4.69) is 23.3 Å². The van der Waals surface area contributed by atoms with Crippen LogP contribution in [0, 0.1) is 0 Å². The Morgan fingerprint density at radius 3 is 2.78 bits per heavy atom. The molecule has 1 N–H and O–H groups in total. The Hall–Kier alpha value is -1.31. The number of aromatic nitrogens is 1. The maximum absolute atomic E-state index is 3.75. The fourth-order valence-corrected chi connectivity index (χ4v) is 0.668. The lowest BCUT2D eigenvalue weighted by atomic mass is 10.3. The zero-order valence-electron chi connectivity index (χ0n) is 5.09. The highest BCUT2D eigenvalue weighted by Crippen LogP contribution is 2.17. The first kappa shape index (κ1) is 5.82. The molecule has 0 spiro atoms. The molecular formula is C7H8N2. The summed E-state index contributed by atoms with van der Waals surface area (Å²) in [7, 11) is 0. The zero-order valence-corrected chi connectivity index (χ0v) is 5.09. The van der Waals surface area contributed by atoms with E-state index in [-0.39, 0.29) is 0 Å². The van der Waals surface area contributed by atoms with Crippen molar-refractivity contribution in [1.82, 2.24) is 4.98 Å². The van der Waals surface area contributed by atoms with E-state index in [0.717, 1.165) is 11.3 Å². The van der Waals surface area contributed by atoms with Gasteiger partial charge in [-0.2, -0.15) is 0 Å². The van der Waals surface area contributed by atoms with Crippen LogP contribution in [-0.4, -0.2) is 11.7 Å². The third-order valence-electron chi connectivity index (χ3n) is 1.14. The molecule has 9 heavy (non-hydrogen) atoms. The lowest BCUT2D eigenvalue weighted by Gasteiger charge is -1.84. The molecule has 2 nitrogen and oxygen atoms in total. The molecule has 0 saturated heterocycles. The van der Waals surface area contributed by atoms with Crippen LogP contribution >= 0.6 is 0 Å². The van der Waals surface area contributed by atoms with Crippen LogP contribution in [0.15, 0.2) is 24.0 Å². The van der Waals surface area contributed by atoms with Crippen molar-refractivity contribution >= 4 is 18.5 Å². The monoisotopic (exact) mass is 120 g/mol. The molecule has 0 aliphatic heterocycles. The molecule has 46 valence electrons. The summed E-state index contributed by atoms with van der Waals surface area (Å²) < 4.78 is 0. The first-order valence-corrected chi connectivity index (χ1v) is 2.64. The average molecular weight is 120 g/mol. The van der Waals surface area contributed by atoms with Gasteiger partial charge in [-0.15, -0.1) is 0 Å². The van der Waals surface area contributed by atoms with Gasteiger partial charge < -0.3 is 4.98 Å². The highest BCUT2D eigenvalue weighted by atomic mass is 14.8. The van der Waals surface area contributed by atoms with E-state index < -0.39 is 0 Å². The Labute approximate surface area is 53.9 Å². The summed E-state index contributed by atoms with van der Waals surface area (Å²) in [4.78, 5) is 6.64. The smallest absolute Gasteiger partial charge is 0.0868 e. The number of aliphatic imine (C=N–C) groups is 1. The molecule has 1 aromatic heterocycles. The van der Waals surface area contributed by atoms with Crippen molar-refractivity contribution in [2.45, 2.75) is 0 Å². The van der Waals surface area contributed by atoms with Crippen molar-refractivity contribution in [1.29, 1.82) is 0 Å². The summed E-state index contributed by atoms with van der Waals surface area (Å²) in [6, 6.07) is 0. The highest BCUT2D eigenvalue weighted by molar-refractivity contribution is 5.63. The first-order chi connectivity index (χ1) is 4.38. The van der Waals surface area contributed by atoms with Gasteiger partial charge in [-0.1, -0.05) is 12.7 Å². The molecule has 0 radical (unpaired) electrons. The predicted octanol–water partition coefficient (Wildman–Crippen LogP) is 1.99. The van der Waals surface area contributed by atoms with Gasteiger partial charge in [0.2, 0.25) is 0 Å². The van der Waals surface area contributed by atoms with Crippen LogP contribution in [0.4, 0.5) is 5.69 Å². The second-order valence-corrected chi connectivity index (χ2v) is 1.66. The Morgan fingerprint density at radius 2 is 2.33 bits per heavy atom. The molecule has 1 heterocycles. The maximum atomic E-state index is 3.75. The standard InChI is InChI=1S/C7H8N2/c1-3-6-4-9-5-7(6)8-2/h3-5,9H,1-2H2. The molecule has 0 fully saturated rings. The van der Waals surface area contributed by atoms with Crippen LogP contribution in [0.3, 0.4) is 0 Å². The SMILES string of the molecule is C=Cc1c[nH]cc1N=C. The van der Waals surface area contributed by atoms with Gasteiger partial charge in [0, 0.05) is 18.0 Å². The molecule has 1 aromatic rings. The van der Waals surface area contributed by atoms with E-state index in [9.17, 15) is 0 Å². The van der Waals surface area contributed by atoms with Crippen molar-refractivity contribution in [2.75, 3.05) is 0 Å². The third-order valence-corrected chi connectivity index (χ3v) is 1.14. The van der Waals surface area contributed by atoms with E-state index >= 15 is 0 Å². The zero-order chi connectivity index (χ0) is 6.69. The summed E-state index contributed by atoms with van der Waals surface area (Å²) in [6.45, 7) is 7.00. The van der Waals surface area contributed by atoms with Gasteiger partial charge in [-0.05, 0) is 6.72 Å². The first-order valence-electron chi connectivity index (χ1n) is 2.64. The van der Waals surface area contributed by atoms with Crippen LogP contribution in [0.5, 0.6) is 0 Å². The number of nitrogens with zero attached hydrogens (tertiary/aromatic N) is 1. The number of hydrogen-bond acceptors (Lipinski definition) is 1.